The Morgan fingerprint density at radius 1 is 1.25 bits per heavy atom. The first-order valence-electron chi connectivity index (χ1n) is 6.88. The van der Waals surface area contributed by atoms with Crippen molar-refractivity contribution in [1.29, 1.82) is 0 Å². The molecule has 0 aliphatic rings. The van der Waals surface area contributed by atoms with Crippen LogP contribution in [0.25, 0.3) is 0 Å². The Hall–Kier alpha value is -1.07. The quantitative estimate of drug-likeness (QED) is 0.730. The predicted octanol–water partition coefficient (Wildman–Crippen LogP) is 4.00. The Morgan fingerprint density at radius 2 is 1.95 bits per heavy atom. The summed E-state index contributed by atoms with van der Waals surface area (Å²) in [5.74, 6) is 0. The van der Waals surface area contributed by atoms with E-state index in [1.54, 1.807) is 0 Å². The molecular weight excluding hydrogens is 267 g/mol. The first kappa shape index (κ1) is 17.0. The molecule has 114 valence electrons. The second-order valence-electron chi connectivity index (χ2n) is 4.79. The van der Waals surface area contributed by atoms with Crippen molar-refractivity contribution in [1.82, 2.24) is 5.32 Å². The van der Waals surface area contributed by atoms with Crippen molar-refractivity contribution in [3.63, 3.8) is 0 Å². The molecule has 2 nitrogen and oxygen atoms in total. The lowest BCUT2D eigenvalue weighted by molar-refractivity contribution is -0.149. The van der Waals surface area contributed by atoms with Crippen molar-refractivity contribution in [2.45, 2.75) is 39.0 Å². The zero-order valence-corrected chi connectivity index (χ0v) is 12.0. The van der Waals surface area contributed by atoms with Crippen LogP contribution in [-0.2, 0) is 4.74 Å². The molecule has 0 saturated carbocycles. The molecule has 0 saturated heterocycles. The van der Waals surface area contributed by atoms with E-state index in [-0.39, 0.29) is 12.7 Å². The third kappa shape index (κ3) is 6.39. The van der Waals surface area contributed by atoms with Gasteiger partial charge in [0.25, 0.3) is 0 Å². The molecule has 0 aliphatic carbocycles. The highest BCUT2D eigenvalue weighted by Crippen LogP contribution is 2.24. The highest BCUT2D eigenvalue weighted by atomic mass is 19.4. The monoisotopic (exact) mass is 289 g/mol. The molecule has 0 radical (unpaired) electrons. The zero-order valence-electron chi connectivity index (χ0n) is 12.0. The van der Waals surface area contributed by atoms with Gasteiger partial charge in [-0.3, -0.25) is 0 Å². The molecule has 5 heteroatoms. The number of aryl methyl sites for hydroxylation is 1. The molecule has 0 aromatic heterocycles. The zero-order chi connectivity index (χ0) is 15.0. The van der Waals surface area contributed by atoms with Crippen LogP contribution < -0.4 is 5.32 Å². The van der Waals surface area contributed by atoms with Crippen molar-refractivity contribution in [2.24, 2.45) is 0 Å². The summed E-state index contributed by atoms with van der Waals surface area (Å²) in [4.78, 5) is 0. The standard InChI is InChI=1S/C15H22F3NO/c1-3-9-19-11-14(20-10-8-15(16,17)18)13-7-5-4-6-12(13)2/h4-7,14,19H,3,8-11H2,1-2H3. The largest absolute Gasteiger partial charge is 0.391 e. The van der Waals surface area contributed by atoms with Crippen LogP contribution in [-0.4, -0.2) is 25.9 Å². The lowest BCUT2D eigenvalue weighted by Gasteiger charge is -2.21. The van der Waals surface area contributed by atoms with Gasteiger partial charge >= 0.3 is 6.18 Å². The number of nitrogens with one attached hydrogen (secondary N) is 1. The summed E-state index contributed by atoms with van der Waals surface area (Å²) in [5.41, 5.74) is 1.97. The van der Waals surface area contributed by atoms with Gasteiger partial charge in [0, 0.05) is 6.54 Å². The van der Waals surface area contributed by atoms with E-state index in [1.807, 2.05) is 38.1 Å². The van der Waals surface area contributed by atoms with Gasteiger partial charge in [0.15, 0.2) is 0 Å². The van der Waals surface area contributed by atoms with Crippen LogP contribution in [0, 0.1) is 6.92 Å². The van der Waals surface area contributed by atoms with Gasteiger partial charge in [0.1, 0.15) is 0 Å². The van der Waals surface area contributed by atoms with E-state index >= 15 is 0 Å². The first-order chi connectivity index (χ1) is 9.44. The topological polar surface area (TPSA) is 21.3 Å². The van der Waals surface area contributed by atoms with E-state index in [2.05, 4.69) is 5.32 Å². The van der Waals surface area contributed by atoms with Crippen LogP contribution in [0.4, 0.5) is 13.2 Å². The Labute approximate surface area is 118 Å². The number of ether oxygens (including phenoxy) is 1. The molecule has 1 N–H and O–H groups in total. The lowest BCUT2D eigenvalue weighted by Crippen LogP contribution is -2.25. The van der Waals surface area contributed by atoms with Crippen LogP contribution in [0.3, 0.4) is 0 Å². The molecule has 1 aromatic carbocycles. The average molecular weight is 289 g/mol. The van der Waals surface area contributed by atoms with Crippen LogP contribution >= 0.6 is 0 Å². The third-order valence-electron chi connectivity index (χ3n) is 3.00. The fourth-order valence-electron chi connectivity index (χ4n) is 1.93. The molecular formula is C15H22F3NO. The number of benzene rings is 1. The van der Waals surface area contributed by atoms with Crippen LogP contribution in [0.15, 0.2) is 24.3 Å². The van der Waals surface area contributed by atoms with Crippen LogP contribution in [0.1, 0.15) is 37.0 Å². The maximum absolute atomic E-state index is 12.2. The Bertz CT molecular complexity index is 393. The minimum Gasteiger partial charge on any atom is -0.372 e. The normalized spacial score (nSPS) is 13.4. The van der Waals surface area contributed by atoms with E-state index in [9.17, 15) is 13.2 Å². The molecule has 0 amide bonds. The molecule has 0 fully saturated rings. The maximum atomic E-state index is 12.2. The van der Waals surface area contributed by atoms with E-state index in [0.29, 0.717) is 6.54 Å². The number of hydrogen-bond acceptors (Lipinski definition) is 2. The Balaban J connectivity index is 2.63. The van der Waals surface area contributed by atoms with Crippen molar-refractivity contribution in [2.75, 3.05) is 19.7 Å². The average Bonchev–Trinajstić information content (AvgIpc) is 2.37. The minimum atomic E-state index is -4.17. The number of alkyl halides is 3. The van der Waals surface area contributed by atoms with Gasteiger partial charge in [-0.2, -0.15) is 13.2 Å². The molecule has 1 rings (SSSR count). The fourth-order valence-corrected chi connectivity index (χ4v) is 1.93. The summed E-state index contributed by atoms with van der Waals surface area (Å²) in [6, 6.07) is 7.63. The maximum Gasteiger partial charge on any atom is 0.391 e. The molecule has 20 heavy (non-hydrogen) atoms. The molecule has 1 atom stereocenters. The van der Waals surface area contributed by atoms with Gasteiger partial charge < -0.3 is 10.1 Å². The van der Waals surface area contributed by atoms with Crippen LogP contribution in [0.5, 0.6) is 0 Å². The second-order valence-corrected chi connectivity index (χ2v) is 4.79. The molecule has 1 aromatic rings. The second kappa shape index (κ2) is 8.27. The highest BCUT2D eigenvalue weighted by molar-refractivity contribution is 5.28. The lowest BCUT2D eigenvalue weighted by atomic mass is 10.0. The number of rotatable bonds is 8. The summed E-state index contributed by atoms with van der Waals surface area (Å²) < 4.78 is 42.0. The van der Waals surface area contributed by atoms with E-state index in [4.69, 9.17) is 4.74 Å². The van der Waals surface area contributed by atoms with Crippen LogP contribution in [0.2, 0.25) is 0 Å². The van der Waals surface area contributed by atoms with Gasteiger partial charge in [-0.25, -0.2) is 0 Å². The smallest absolute Gasteiger partial charge is 0.372 e. The molecule has 0 bridgehead atoms. The van der Waals surface area contributed by atoms with Crippen molar-refractivity contribution in [3.05, 3.63) is 35.4 Å². The predicted molar refractivity (Wildman–Crippen MR) is 73.7 cm³/mol. The van der Waals surface area contributed by atoms with E-state index in [0.717, 1.165) is 24.1 Å². The Morgan fingerprint density at radius 3 is 2.55 bits per heavy atom. The van der Waals surface area contributed by atoms with Gasteiger partial charge in [-0.05, 0) is 31.0 Å². The van der Waals surface area contributed by atoms with Gasteiger partial charge in [0.2, 0.25) is 0 Å². The number of hydrogen-bond donors (Lipinski definition) is 1. The summed E-state index contributed by atoms with van der Waals surface area (Å²) >= 11 is 0. The minimum absolute atomic E-state index is 0.309. The SMILES string of the molecule is CCCNCC(OCCC(F)(F)F)c1ccccc1C. The van der Waals surface area contributed by atoms with Gasteiger partial charge in [-0.15, -0.1) is 0 Å². The fraction of sp³-hybridized carbons (Fsp3) is 0.600. The van der Waals surface area contributed by atoms with Gasteiger partial charge in [-0.1, -0.05) is 31.2 Å². The molecule has 0 heterocycles. The van der Waals surface area contributed by atoms with Crippen molar-refractivity contribution < 1.29 is 17.9 Å². The Kier molecular flexibility index (Phi) is 7.02. The van der Waals surface area contributed by atoms with E-state index in [1.165, 1.54) is 0 Å². The van der Waals surface area contributed by atoms with Crippen molar-refractivity contribution in [3.8, 4) is 0 Å². The molecule has 1 unspecified atom stereocenters. The first-order valence-corrected chi connectivity index (χ1v) is 6.88. The molecule has 0 spiro atoms. The number of halogens is 3. The van der Waals surface area contributed by atoms with Crippen molar-refractivity contribution >= 4 is 0 Å². The summed E-state index contributed by atoms with van der Waals surface area (Å²) in [7, 11) is 0. The summed E-state index contributed by atoms with van der Waals surface area (Å²) in [6.45, 7) is 5.02. The highest BCUT2D eigenvalue weighted by Gasteiger charge is 2.27. The molecule has 0 aliphatic heterocycles. The summed E-state index contributed by atoms with van der Waals surface area (Å²) in [6.07, 6.45) is -4.45. The third-order valence-corrected chi connectivity index (χ3v) is 3.00. The summed E-state index contributed by atoms with van der Waals surface area (Å²) in [5, 5.41) is 3.20. The van der Waals surface area contributed by atoms with Gasteiger partial charge in [0.05, 0.1) is 19.1 Å². The van der Waals surface area contributed by atoms with E-state index < -0.39 is 12.6 Å².